The highest BCUT2D eigenvalue weighted by Gasteiger charge is 2.78. The SMILES string of the molecule is CC(C)C(C)CC[C@@H](C)[C@H]1CC[C@@H]2[C@]1(C)CC[C@@H]1[C@@]3(C)CC[C@H](O)C[C@@H]3C[C@@H]3O[C@@]312. The van der Waals surface area contributed by atoms with Crippen LogP contribution in [0.25, 0.3) is 0 Å². The van der Waals surface area contributed by atoms with Crippen LogP contribution in [-0.4, -0.2) is 22.9 Å². The van der Waals surface area contributed by atoms with E-state index in [0.29, 0.717) is 22.9 Å². The Bertz CT molecular complexity index is 659. The predicted octanol–water partition coefficient (Wildman–Crippen LogP) is 6.85. The number of rotatable bonds is 5. The van der Waals surface area contributed by atoms with Gasteiger partial charge in [0, 0.05) is 0 Å². The largest absolute Gasteiger partial charge is 0.393 e. The first-order valence-electron chi connectivity index (χ1n) is 13.5. The first-order chi connectivity index (χ1) is 14.1. The van der Waals surface area contributed by atoms with Gasteiger partial charge < -0.3 is 9.84 Å². The molecule has 0 amide bonds. The number of hydrogen-bond donors (Lipinski definition) is 1. The van der Waals surface area contributed by atoms with Crippen LogP contribution in [0.1, 0.15) is 106 Å². The summed E-state index contributed by atoms with van der Waals surface area (Å²) in [5.41, 5.74) is 1.10. The molecule has 5 fully saturated rings. The van der Waals surface area contributed by atoms with Crippen molar-refractivity contribution in [3.63, 3.8) is 0 Å². The van der Waals surface area contributed by atoms with Gasteiger partial charge in [-0.3, -0.25) is 0 Å². The van der Waals surface area contributed by atoms with Crippen LogP contribution >= 0.6 is 0 Å². The van der Waals surface area contributed by atoms with Crippen LogP contribution in [0.4, 0.5) is 0 Å². The smallest absolute Gasteiger partial charge is 0.101 e. The number of hydrogen-bond acceptors (Lipinski definition) is 2. The average molecular weight is 417 g/mol. The van der Waals surface area contributed by atoms with E-state index in [-0.39, 0.29) is 11.7 Å². The van der Waals surface area contributed by atoms with Gasteiger partial charge in [-0.25, -0.2) is 0 Å². The lowest BCUT2D eigenvalue weighted by Crippen LogP contribution is -2.59. The van der Waals surface area contributed by atoms with Crippen molar-refractivity contribution >= 4 is 0 Å². The molecular weight excluding hydrogens is 368 g/mol. The van der Waals surface area contributed by atoms with Crippen LogP contribution in [0.2, 0.25) is 0 Å². The Labute approximate surface area is 185 Å². The molecule has 5 aliphatic rings. The second-order valence-electron chi connectivity index (χ2n) is 13.4. The molecule has 2 nitrogen and oxygen atoms in total. The van der Waals surface area contributed by atoms with Crippen LogP contribution in [-0.2, 0) is 4.74 Å². The van der Waals surface area contributed by atoms with Gasteiger partial charge in [0.25, 0.3) is 0 Å². The van der Waals surface area contributed by atoms with E-state index in [1.54, 1.807) is 0 Å². The number of fused-ring (bicyclic) bond motifs is 3. The normalized spacial score (nSPS) is 54.0. The molecule has 11 atom stereocenters. The van der Waals surface area contributed by atoms with Crippen LogP contribution in [0.5, 0.6) is 0 Å². The Morgan fingerprint density at radius 2 is 1.57 bits per heavy atom. The molecule has 1 heterocycles. The summed E-state index contributed by atoms with van der Waals surface area (Å²) in [5.74, 6) is 5.61. The van der Waals surface area contributed by atoms with Crippen molar-refractivity contribution in [2.45, 2.75) is 124 Å². The molecule has 4 saturated carbocycles. The summed E-state index contributed by atoms with van der Waals surface area (Å²) < 4.78 is 6.82. The topological polar surface area (TPSA) is 32.8 Å². The second kappa shape index (κ2) is 7.21. The first kappa shape index (κ1) is 21.7. The maximum absolute atomic E-state index is 10.3. The number of aliphatic hydroxyl groups excluding tert-OH is 1. The molecular formula is C28H48O2. The monoisotopic (exact) mass is 416 g/mol. The quantitative estimate of drug-likeness (QED) is 0.497. The van der Waals surface area contributed by atoms with Gasteiger partial charge in [-0.2, -0.15) is 0 Å². The summed E-state index contributed by atoms with van der Waals surface area (Å²) in [6, 6.07) is 0. The zero-order valence-electron chi connectivity index (χ0n) is 20.6. The fourth-order valence-electron chi connectivity index (χ4n) is 9.67. The van der Waals surface area contributed by atoms with E-state index in [4.69, 9.17) is 4.74 Å². The van der Waals surface area contributed by atoms with Crippen molar-refractivity contribution in [1.29, 1.82) is 0 Å². The molecule has 1 N–H and O–H groups in total. The van der Waals surface area contributed by atoms with Gasteiger partial charge in [-0.15, -0.1) is 0 Å². The fourth-order valence-corrected chi connectivity index (χ4v) is 9.67. The molecule has 1 saturated heterocycles. The molecule has 0 radical (unpaired) electrons. The summed E-state index contributed by atoms with van der Waals surface area (Å²) in [5, 5.41) is 10.3. The van der Waals surface area contributed by atoms with E-state index in [1.807, 2.05) is 0 Å². The highest BCUT2D eigenvalue weighted by molar-refractivity contribution is 5.26. The van der Waals surface area contributed by atoms with Gasteiger partial charge in [0.05, 0.1) is 12.2 Å². The van der Waals surface area contributed by atoms with Gasteiger partial charge in [-0.05, 0) is 104 Å². The Kier molecular flexibility index (Phi) is 5.23. The van der Waals surface area contributed by atoms with Gasteiger partial charge in [0.1, 0.15) is 5.60 Å². The molecule has 1 spiro atoms. The molecule has 5 rings (SSSR count). The lowest BCUT2D eigenvalue weighted by molar-refractivity contribution is -0.118. The summed E-state index contributed by atoms with van der Waals surface area (Å²) >= 11 is 0. The standard InChI is InChI=1S/C28H48O2/c1-17(2)18(3)7-8-19(4)22-9-10-23-27(22,6)14-12-24-26(5)13-11-21(29)15-20(26)16-25-28(23,24)30-25/h17-25,29H,7-16H2,1-6H3/t18?,19-,20-,21+,22-,23-,24-,25+,26+,27-,28-/m1/s1. The fraction of sp³-hybridized carbons (Fsp3) is 1.00. The minimum Gasteiger partial charge on any atom is -0.393 e. The van der Waals surface area contributed by atoms with Gasteiger partial charge in [0.2, 0.25) is 0 Å². The minimum atomic E-state index is -0.0619. The van der Waals surface area contributed by atoms with Gasteiger partial charge >= 0.3 is 0 Å². The van der Waals surface area contributed by atoms with Crippen molar-refractivity contribution < 1.29 is 9.84 Å². The maximum Gasteiger partial charge on any atom is 0.101 e. The van der Waals surface area contributed by atoms with E-state index in [0.717, 1.165) is 48.3 Å². The average Bonchev–Trinajstić information content (AvgIpc) is 3.26. The molecule has 30 heavy (non-hydrogen) atoms. The van der Waals surface area contributed by atoms with Crippen molar-refractivity contribution in [3.8, 4) is 0 Å². The Hall–Kier alpha value is -0.0800. The first-order valence-corrected chi connectivity index (χ1v) is 13.5. The molecule has 0 aromatic rings. The van der Waals surface area contributed by atoms with E-state index in [9.17, 15) is 5.11 Å². The highest BCUT2D eigenvalue weighted by Crippen LogP contribution is 2.76. The number of ether oxygens (including phenoxy) is 1. The van der Waals surface area contributed by atoms with Gasteiger partial charge in [0.15, 0.2) is 0 Å². The highest BCUT2D eigenvalue weighted by atomic mass is 16.6. The molecule has 2 heteroatoms. The van der Waals surface area contributed by atoms with Crippen LogP contribution in [0.15, 0.2) is 0 Å². The summed E-state index contributed by atoms with van der Waals surface area (Å²) in [4.78, 5) is 0. The molecule has 0 aromatic carbocycles. The maximum atomic E-state index is 10.3. The summed E-state index contributed by atoms with van der Waals surface area (Å²) in [6.45, 7) is 15.0. The molecule has 1 unspecified atom stereocenters. The predicted molar refractivity (Wildman–Crippen MR) is 123 cm³/mol. The van der Waals surface area contributed by atoms with Crippen molar-refractivity contribution in [3.05, 3.63) is 0 Å². The zero-order valence-corrected chi connectivity index (χ0v) is 20.6. The lowest BCUT2D eigenvalue weighted by Gasteiger charge is -2.59. The summed E-state index contributed by atoms with van der Waals surface area (Å²) in [7, 11) is 0. The van der Waals surface area contributed by atoms with E-state index < -0.39 is 0 Å². The Morgan fingerprint density at radius 1 is 0.867 bits per heavy atom. The van der Waals surface area contributed by atoms with Crippen molar-refractivity contribution in [2.75, 3.05) is 0 Å². The van der Waals surface area contributed by atoms with E-state index in [2.05, 4.69) is 41.5 Å². The van der Waals surface area contributed by atoms with Gasteiger partial charge in [-0.1, -0.05) is 54.4 Å². The Balaban J connectivity index is 1.34. The molecule has 0 bridgehead atoms. The Morgan fingerprint density at radius 3 is 2.30 bits per heavy atom. The van der Waals surface area contributed by atoms with Crippen LogP contribution < -0.4 is 0 Å². The summed E-state index contributed by atoms with van der Waals surface area (Å²) in [6.07, 6.45) is 13.4. The van der Waals surface area contributed by atoms with E-state index in [1.165, 1.54) is 51.4 Å². The van der Waals surface area contributed by atoms with Crippen LogP contribution in [0, 0.1) is 52.3 Å². The minimum absolute atomic E-state index is 0.0619. The number of epoxide rings is 1. The molecule has 1 aliphatic heterocycles. The zero-order chi connectivity index (χ0) is 21.5. The third-order valence-corrected chi connectivity index (χ3v) is 12.0. The van der Waals surface area contributed by atoms with Crippen LogP contribution in [0.3, 0.4) is 0 Å². The van der Waals surface area contributed by atoms with E-state index >= 15 is 0 Å². The van der Waals surface area contributed by atoms with Crippen molar-refractivity contribution in [1.82, 2.24) is 0 Å². The third-order valence-electron chi connectivity index (χ3n) is 12.0. The lowest BCUT2D eigenvalue weighted by atomic mass is 9.44. The molecule has 0 aromatic heterocycles. The second-order valence-corrected chi connectivity index (χ2v) is 13.4. The van der Waals surface area contributed by atoms with Crippen molar-refractivity contribution in [2.24, 2.45) is 52.3 Å². The number of aliphatic hydroxyl groups is 1. The molecule has 172 valence electrons. The third kappa shape index (κ3) is 2.94. The molecule has 4 aliphatic carbocycles.